The Balaban J connectivity index is 1.59. The summed E-state index contributed by atoms with van der Waals surface area (Å²) in [4.78, 5) is 14.1. The molecule has 1 aromatic carbocycles. The van der Waals surface area contributed by atoms with E-state index in [0.29, 0.717) is 6.54 Å². The number of benzene rings is 1. The van der Waals surface area contributed by atoms with Crippen LogP contribution >= 0.6 is 0 Å². The highest BCUT2D eigenvalue weighted by Gasteiger charge is 2.30. The minimum atomic E-state index is -0.436. The standard InChI is InChI=1S/C17H26N2O2/c1-19(14-8-3-2-4-9-14)13-6-5-12-18-17(21)15-10-7-11-16(15)20/h2-4,8-9,15-16,20H,5-7,10-13H2,1H3,(H,18,21). The maximum Gasteiger partial charge on any atom is 0.225 e. The Morgan fingerprint density at radius 3 is 2.71 bits per heavy atom. The molecule has 0 heterocycles. The number of carbonyl (C=O) groups is 1. The van der Waals surface area contributed by atoms with E-state index in [1.54, 1.807) is 0 Å². The highest BCUT2D eigenvalue weighted by Crippen LogP contribution is 2.25. The van der Waals surface area contributed by atoms with Crippen LogP contribution < -0.4 is 10.2 Å². The van der Waals surface area contributed by atoms with Crippen molar-refractivity contribution >= 4 is 11.6 Å². The summed E-state index contributed by atoms with van der Waals surface area (Å²) in [5, 5.41) is 12.6. The summed E-state index contributed by atoms with van der Waals surface area (Å²) < 4.78 is 0. The summed E-state index contributed by atoms with van der Waals surface area (Å²) in [6, 6.07) is 10.3. The van der Waals surface area contributed by atoms with Gasteiger partial charge in [0.25, 0.3) is 0 Å². The largest absolute Gasteiger partial charge is 0.392 e. The van der Waals surface area contributed by atoms with Gasteiger partial charge in [-0.15, -0.1) is 0 Å². The first-order chi connectivity index (χ1) is 10.2. The molecule has 4 nitrogen and oxygen atoms in total. The van der Waals surface area contributed by atoms with Crippen LogP contribution in [0.25, 0.3) is 0 Å². The molecule has 1 amide bonds. The third kappa shape index (κ3) is 4.74. The minimum Gasteiger partial charge on any atom is -0.392 e. The maximum absolute atomic E-state index is 11.9. The Labute approximate surface area is 127 Å². The van der Waals surface area contributed by atoms with Crippen molar-refractivity contribution in [2.75, 3.05) is 25.0 Å². The van der Waals surface area contributed by atoms with Crippen LogP contribution in [0.2, 0.25) is 0 Å². The lowest BCUT2D eigenvalue weighted by Gasteiger charge is -2.19. The fourth-order valence-electron chi connectivity index (χ4n) is 2.87. The number of para-hydroxylation sites is 1. The monoisotopic (exact) mass is 290 g/mol. The van der Waals surface area contributed by atoms with E-state index in [1.165, 1.54) is 5.69 Å². The molecule has 2 atom stereocenters. The van der Waals surface area contributed by atoms with Gasteiger partial charge in [0.1, 0.15) is 0 Å². The second-order valence-corrected chi connectivity index (χ2v) is 5.86. The predicted molar refractivity (Wildman–Crippen MR) is 85.3 cm³/mol. The zero-order valence-electron chi connectivity index (χ0n) is 12.8. The van der Waals surface area contributed by atoms with Crippen LogP contribution in [0.15, 0.2) is 30.3 Å². The number of nitrogens with zero attached hydrogens (tertiary/aromatic N) is 1. The molecule has 0 saturated heterocycles. The molecule has 2 unspecified atom stereocenters. The average Bonchev–Trinajstić information content (AvgIpc) is 2.93. The summed E-state index contributed by atoms with van der Waals surface area (Å²) in [6.07, 6.45) is 4.12. The number of aliphatic hydroxyl groups excluding tert-OH is 1. The normalized spacial score (nSPS) is 21.2. The van der Waals surface area contributed by atoms with Gasteiger partial charge in [-0.3, -0.25) is 4.79 Å². The Kier molecular flexibility index (Phi) is 6.05. The van der Waals surface area contributed by atoms with Gasteiger partial charge in [-0.25, -0.2) is 0 Å². The molecule has 116 valence electrons. The summed E-state index contributed by atoms with van der Waals surface area (Å²) in [6.45, 7) is 1.68. The van der Waals surface area contributed by atoms with Crippen molar-refractivity contribution in [3.05, 3.63) is 30.3 Å². The number of carbonyl (C=O) groups excluding carboxylic acids is 1. The Hall–Kier alpha value is -1.55. The lowest BCUT2D eigenvalue weighted by Crippen LogP contribution is -2.35. The van der Waals surface area contributed by atoms with Crippen LogP contribution in [0.5, 0.6) is 0 Å². The first-order valence-electron chi connectivity index (χ1n) is 7.90. The van der Waals surface area contributed by atoms with Gasteiger partial charge < -0.3 is 15.3 Å². The number of rotatable bonds is 7. The molecule has 1 aromatic rings. The van der Waals surface area contributed by atoms with Crippen molar-refractivity contribution in [2.24, 2.45) is 5.92 Å². The fraction of sp³-hybridized carbons (Fsp3) is 0.588. The van der Waals surface area contributed by atoms with Crippen molar-refractivity contribution in [3.8, 4) is 0 Å². The van der Waals surface area contributed by atoms with E-state index in [2.05, 4.69) is 29.4 Å². The van der Waals surface area contributed by atoms with Crippen LogP contribution in [-0.2, 0) is 4.79 Å². The van der Waals surface area contributed by atoms with Gasteiger partial charge in [-0.1, -0.05) is 18.2 Å². The molecule has 0 radical (unpaired) electrons. The number of unbranched alkanes of at least 4 members (excludes halogenated alkanes) is 1. The van der Waals surface area contributed by atoms with Gasteiger partial charge >= 0.3 is 0 Å². The van der Waals surface area contributed by atoms with Gasteiger partial charge in [-0.2, -0.15) is 0 Å². The topological polar surface area (TPSA) is 52.6 Å². The van der Waals surface area contributed by atoms with E-state index in [4.69, 9.17) is 0 Å². The second kappa shape index (κ2) is 8.03. The number of hydrogen-bond acceptors (Lipinski definition) is 3. The summed E-state index contributed by atoms with van der Waals surface area (Å²) in [5.41, 5.74) is 1.22. The number of amides is 1. The van der Waals surface area contributed by atoms with Crippen LogP contribution in [0, 0.1) is 5.92 Å². The smallest absolute Gasteiger partial charge is 0.225 e. The molecule has 0 aliphatic heterocycles. The molecule has 1 saturated carbocycles. The van der Waals surface area contributed by atoms with Crippen molar-refractivity contribution < 1.29 is 9.90 Å². The minimum absolute atomic E-state index is 0.0245. The first kappa shape index (κ1) is 15.8. The molecule has 2 N–H and O–H groups in total. The summed E-state index contributed by atoms with van der Waals surface area (Å²) in [5.74, 6) is -0.159. The van der Waals surface area contributed by atoms with Crippen molar-refractivity contribution in [2.45, 2.75) is 38.2 Å². The average molecular weight is 290 g/mol. The number of aliphatic hydroxyl groups is 1. The van der Waals surface area contributed by atoms with E-state index >= 15 is 0 Å². The molecule has 0 bridgehead atoms. The Morgan fingerprint density at radius 1 is 1.29 bits per heavy atom. The highest BCUT2D eigenvalue weighted by atomic mass is 16.3. The van der Waals surface area contributed by atoms with E-state index in [9.17, 15) is 9.90 Å². The molecular formula is C17H26N2O2. The van der Waals surface area contributed by atoms with Gasteiger partial charge in [-0.05, 0) is 44.2 Å². The molecule has 0 spiro atoms. The van der Waals surface area contributed by atoms with Gasteiger partial charge in [0.15, 0.2) is 0 Å². The zero-order chi connectivity index (χ0) is 15.1. The fourth-order valence-corrected chi connectivity index (χ4v) is 2.87. The molecule has 1 aliphatic rings. The van der Waals surface area contributed by atoms with E-state index in [0.717, 1.165) is 38.6 Å². The van der Waals surface area contributed by atoms with Gasteiger partial charge in [0.05, 0.1) is 12.0 Å². The molecule has 4 heteroatoms. The van der Waals surface area contributed by atoms with E-state index in [-0.39, 0.29) is 11.8 Å². The third-order valence-electron chi connectivity index (χ3n) is 4.23. The highest BCUT2D eigenvalue weighted by molar-refractivity contribution is 5.79. The predicted octanol–water partition coefficient (Wildman–Crippen LogP) is 2.18. The first-order valence-corrected chi connectivity index (χ1v) is 7.90. The third-order valence-corrected chi connectivity index (χ3v) is 4.23. The lowest BCUT2D eigenvalue weighted by molar-refractivity contribution is -0.127. The molecule has 1 fully saturated rings. The van der Waals surface area contributed by atoms with Gasteiger partial charge in [0, 0.05) is 25.8 Å². The Morgan fingerprint density at radius 2 is 2.05 bits per heavy atom. The molecule has 2 rings (SSSR count). The molecule has 0 aromatic heterocycles. The lowest BCUT2D eigenvalue weighted by atomic mass is 10.1. The molecule has 21 heavy (non-hydrogen) atoms. The molecular weight excluding hydrogens is 264 g/mol. The van der Waals surface area contributed by atoms with E-state index in [1.807, 2.05) is 18.2 Å². The summed E-state index contributed by atoms with van der Waals surface area (Å²) >= 11 is 0. The zero-order valence-corrected chi connectivity index (χ0v) is 12.8. The van der Waals surface area contributed by atoms with Crippen molar-refractivity contribution in [1.82, 2.24) is 5.32 Å². The van der Waals surface area contributed by atoms with Crippen LogP contribution in [-0.4, -0.2) is 37.3 Å². The van der Waals surface area contributed by atoms with Crippen LogP contribution in [0.1, 0.15) is 32.1 Å². The molecule has 1 aliphatic carbocycles. The van der Waals surface area contributed by atoms with Crippen molar-refractivity contribution in [3.63, 3.8) is 0 Å². The van der Waals surface area contributed by atoms with Gasteiger partial charge in [0.2, 0.25) is 5.91 Å². The number of hydrogen-bond donors (Lipinski definition) is 2. The van der Waals surface area contributed by atoms with Crippen molar-refractivity contribution in [1.29, 1.82) is 0 Å². The number of anilines is 1. The second-order valence-electron chi connectivity index (χ2n) is 5.86. The van der Waals surface area contributed by atoms with Crippen LogP contribution in [0.3, 0.4) is 0 Å². The summed E-state index contributed by atoms with van der Waals surface area (Å²) in [7, 11) is 2.09. The van der Waals surface area contributed by atoms with Crippen LogP contribution in [0.4, 0.5) is 5.69 Å². The quantitative estimate of drug-likeness (QED) is 0.757. The van der Waals surface area contributed by atoms with E-state index < -0.39 is 6.10 Å². The maximum atomic E-state index is 11.9. The SMILES string of the molecule is CN(CCCCNC(=O)C1CCCC1O)c1ccccc1. The Bertz CT molecular complexity index is 436. The number of nitrogens with one attached hydrogen (secondary N) is 1.